The maximum atomic E-state index is 11.4. The second-order valence-electron chi connectivity index (χ2n) is 4.76. The number of para-hydroxylation sites is 1. The minimum absolute atomic E-state index is 0.169. The Bertz CT molecular complexity index is 746. The van der Waals surface area contributed by atoms with Crippen LogP contribution in [-0.4, -0.2) is 10.4 Å². The smallest absolute Gasteiger partial charge is 0.149 e. The lowest BCUT2D eigenvalue weighted by molar-refractivity contribution is -0.117. The van der Waals surface area contributed by atoms with Gasteiger partial charge in [-0.2, -0.15) is 0 Å². The van der Waals surface area contributed by atoms with Gasteiger partial charge in [-0.3, -0.25) is 4.79 Å². The van der Waals surface area contributed by atoms with Gasteiger partial charge in [0, 0.05) is 26.9 Å². The van der Waals surface area contributed by atoms with Gasteiger partial charge < -0.3 is 4.57 Å². The van der Waals surface area contributed by atoms with Crippen LogP contribution in [0.4, 0.5) is 0 Å². The minimum Gasteiger partial charge on any atom is -0.339 e. The van der Waals surface area contributed by atoms with Crippen LogP contribution >= 0.6 is 11.8 Å². The van der Waals surface area contributed by atoms with Crippen molar-refractivity contribution in [1.29, 1.82) is 0 Å². The number of hydrogen-bond acceptors (Lipinski definition) is 2. The minimum atomic E-state index is 0.169. The molecule has 2 nitrogen and oxygen atoms in total. The fourth-order valence-electron chi connectivity index (χ4n) is 2.28. The number of hydrogen-bond donors (Lipinski definition) is 0. The summed E-state index contributed by atoms with van der Waals surface area (Å²) in [4.78, 5) is 13.8. The molecule has 3 rings (SSSR count). The lowest BCUT2D eigenvalue weighted by atomic mass is 10.2. The summed E-state index contributed by atoms with van der Waals surface area (Å²) in [5.74, 6) is 0.169. The Morgan fingerprint density at radius 2 is 1.75 bits per heavy atom. The third-order valence-electron chi connectivity index (χ3n) is 3.12. The van der Waals surface area contributed by atoms with Crippen molar-refractivity contribution in [2.24, 2.45) is 0 Å². The van der Waals surface area contributed by atoms with Crippen molar-refractivity contribution in [3.8, 4) is 0 Å². The van der Waals surface area contributed by atoms with E-state index in [-0.39, 0.29) is 5.78 Å². The molecule has 3 aromatic rings. The normalized spacial score (nSPS) is 10.8. The van der Waals surface area contributed by atoms with E-state index in [1.54, 1.807) is 18.7 Å². The Balaban J connectivity index is 2.04. The van der Waals surface area contributed by atoms with Crippen LogP contribution in [0, 0.1) is 0 Å². The van der Waals surface area contributed by atoms with E-state index < -0.39 is 0 Å². The van der Waals surface area contributed by atoms with Crippen LogP contribution in [0.3, 0.4) is 0 Å². The third-order valence-corrected chi connectivity index (χ3v) is 4.17. The highest BCUT2D eigenvalue weighted by atomic mass is 32.2. The summed E-state index contributed by atoms with van der Waals surface area (Å²) < 4.78 is 2.03. The molecule has 0 bridgehead atoms. The average molecular weight is 281 g/mol. The molecule has 3 heteroatoms. The number of nitrogens with zero attached hydrogens (tertiary/aromatic N) is 1. The predicted octanol–water partition coefficient (Wildman–Crippen LogP) is 4.38. The summed E-state index contributed by atoms with van der Waals surface area (Å²) in [6.45, 7) is 2.05. The quantitative estimate of drug-likeness (QED) is 0.708. The summed E-state index contributed by atoms with van der Waals surface area (Å²) in [7, 11) is 0. The van der Waals surface area contributed by atoms with Crippen molar-refractivity contribution in [3.63, 3.8) is 0 Å². The molecule has 0 atom stereocenters. The number of Topliss-reactive ketones (excluding diaryl/α,β-unsaturated/α-hetero) is 1. The van der Waals surface area contributed by atoms with E-state index in [2.05, 4.69) is 30.5 Å². The van der Waals surface area contributed by atoms with Crippen LogP contribution in [0.1, 0.15) is 6.92 Å². The van der Waals surface area contributed by atoms with Gasteiger partial charge in [-0.25, -0.2) is 0 Å². The van der Waals surface area contributed by atoms with Gasteiger partial charge in [0.15, 0.2) is 0 Å². The number of ketones is 1. The van der Waals surface area contributed by atoms with E-state index in [1.807, 2.05) is 34.9 Å². The number of aromatic nitrogens is 1. The fourth-order valence-corrected chi connectivity index (χ4v) is 3.29. The molecule has 0 unspecified atom stereocenters. The topological polar surface area (TPSA) is 22.0 Å². The van der Waals surface area contributed by atoms with E-state index in [0.29, 0.717) is 6.54 Å². The Morgan fingerprint density at radius 3 is 2.50 bits per heavy atom. The van der Waals surface area contributed by atoms with Crippen LogP contribution < -0.4 is 0 Å². The molecule has 0 aliphatic rings. The Labute approximate surface area is 122 Å². The first-order valence-corrected chi connectivity index (χ1v) is 7.36. The van der Waals surface area contributed by atoms with E-state index in [0.717, 1.165) is 5.52 Å². The molecule has 0 saturated carbocycles. The van der Waals surface area contributed by atoms with Gasteiger partial charge in [-0.1, -0.05) is 48.2 Å². The molecule has 100 valence electrons. The van der Waals surface area contributed by atoms with Gasteiger partial charge in [0.25, 0.3) is 0 Å². The van der Waals surface area contributed by atoms with E-state index in [4.69, 9.17) is 0 Å². The zero-order valence-corrected chi connectivity index (χ0v) is 12.1. The molecule has 0 amide bonds. The second kappa shape index (κ2) is 5.55. The van der Waals surface area contributed by atoms with Gasteiger partial charge in [0.1, 0.15) is 5.78 Å². The van der Waals surface area contributed by atoms with E-state index >= 15 is 0 Å². The number of carbonyl (C=O) groups excluding carboxylic acids is 1. The zero-order valence-electron chi connectivity index (χ0n) is 11.2. The van der Waals surface area contributed by atoms with Crippen molar-refractivity contribution in [2.45, 2.75) is 23.3 Å². The van der Waals surface area contributed by atoms with Gasteiger partial charge in [0.05, 0.1) is 6.54 Å². The first kappa shape index (κ1) is 13.0. The van der Waals surface area contributed by atoms with Crippen LogP contribution in [0.5, 0.6) is 0 Å². The Morgan fingerprint density at radius 1 is 1.05 bits per heavy atom. The molecule has 0 saturated heterocycles. The zero-order chi connectivity index (χ0) is 13.9. The molecule has 0 N–H and O–H groups in total. The summed E-state index contributed by atoms with van der Waals surface area (Å²) in [5.41, 5.74) is 1.11. The average Bonchev–Trinajstić information content (AvgIpc) is 2.78. The van der Waals surface area contributed by atoms with E-state index in [1.165, 1.54) is 15.2 Å². The summed E-state index contributed by atoms with van der Waals surface area (Å²) in [6.07, 6.45) is 2.07. The molecule has 0 radical (unpaired) electrons. The van der Waals surface area contributed by atoms with E-state index in [9.17, 15) is 4.79 Å². The highest BCUT2D eigenvalue weighted by Crippen LogP contribution is 2.34. The van der Waals surface area contributed by atoms with Crippen molar-refractivity contribution >= 4 is 28.4 Å². The molecule has 20 heavy (non-hydrogen) atoms. The highest BCUT2D eigenvalue weighted by molar-refractivity contribution is 7.99. The number of rotatable bonds is 4. The standard InChI is InChI=1S/C17H15NOS/c1-13(19)11-18-12-17(15-9-5-6-10-16(15)18)20-14-7-3-2-4-8-14/h2-10,12H,11H2,1H3. The first-order valence-electron chi connectivity index (χ1n) is 6.54. The molecular formula is C17H15NOS. The monoisotopic (exact) mass is 281 g/mol. The molecular weight excluding hydrogens is 266 g/mol. The van der Waals surface area contributed by atoms with Crippen LogP contribution in [0.15, 0.2) is 70.6 Å². The van der Waals surface area contributed by atoms with Crippen molar-refractivity contribution in [2.75, 3.05) is 0 Å². The highest BCUT2D eigenvalue weighted by Gasteiger charge is 2.10. The van der Waals surface area contributed by atoms with Gasteiger partial charge in [0.2, 0.25) is 0 Å². The molecule has 0 fully saturated rings. The SMILES string of the molecule is CC(=O)Cn1cc(Sc2ccccc2)c2ccccc21. The largest absolute Gasteiger partial charge is 0.339 e. The van der Waals surface area contributed by atoms with Crippen LogP contribution in [-0.2, 0) is 11.3 Å². The van der Waals surface area contributed by atoms with Crippen LogP contribution in [0.25, 0.3) is 10.9 Å². The summed E-state index contributed by atoms with van der Waals surface area (Å²) >= 11 is 1.73. The van der Waals surface area contributed by atoms with Crippen molar-refractivity contribution in [3.05, 3.63) is 60.8 Å². The predicted molar refractivity (Wildman–Crippen MR) is 83.2 cm³/mol. The lowest BCUT2D eigenvalue weighted by Crippen LogP contribution is -2.04. The van der Waals surface area contributed by atoms with Crippen molar-refractivity contribution < 1.29 is 4.79 Å². The molecule has 0 spiro atoms. The van der Waals surface area contributed by atoms with Gasteiger partial charge >= 0.3 is 0 Å². The van der Waals surface area contributed by atoms with Gasteiger partial charge in [-0.05, 0) is 25.1 Å². The van der Waals surface area contributed by atoms with Crippen LogP contribution in [0.2, 0.25) is 0 Å². The van der Waals surface area contributed by atoms with Crippen molar-refractivity contribution in [1.82, 2.24) is 4.57 Å². The summed E-state index contributed by atoms with van der Waals surface area (Å²) in [6, 6.07) is 18.5. The second-order valence-corrected chi connectivity index (χ2v) is 5.87. The molecule has 1 heterocycles. The fraction of sp³-hybridized carbons (Fsp3) is 0.118. The Hall–Kier alpha value is -2.00. The molecule has 1 aromatic heterocycles. The maximum absolute atomic E-state index is 11.4. The number of carbonyl (C=O) groups is 1. The molecule has 2 aromatic carbocycles. The maximum Gasteiger partial charge on any atom is 0.149 e. The Kier molecular flexibility index (Phi) is 3.61. The first-order chi connectivity index (χ1) is 9.74. The molecule has 0 aliphatic carbocycles. The van der Waals surface area contributed by atoms with Gasteiger partial charge in [-0.15, -0.1) is 0 Å². The number of benzene rings is 2. The third kappa shape index (κ3) is 2.63. The lowest BCUT2D eigenvalue weighted by Gasteiger charge is -2.00. The summed E-state index contributed by atoms with van der Waals surface area (Å²) in [5, 5.41) is 1.20. The number of fused-ring (bicyclic) bond motifs is 1. The molecule has 0 aliphatic heterocycles.